The van der Waals surface area contributed by atoms with Crippen molar-refractivity contribution in [3.05, 3.63) is 24.3 Å². The van der Waals surface area contributed by atoms with E-state index in [0.717, 1.165) is 25.1 Å². The second-order valence-corrected chi connectivity index (χ2v) is 4.59. The third-order valence-electron chi connectivity index (χ3n) is 3.20. The van der Waals surface area contributed by atoms with Crippen LogP contribution in [0, 0.1) is 0 Å². The molecule has 1 saturated heterocycles. The van der Waals surface area contributed by atoms with Crippen molar-refractivity contribution in [1.29, 1.82) is 0 Å². The standard InChI is InChI=1S/C13H19N3O/c1-10-5-2-3-8-16(10)13(17)15-12-7-4-6-11(14)9-12/h4,6-7,9-10H,2-3,5,8,14H2,1H3,(H,15,17). The van der Waals surface area contributed by atoms with Crippen molar-refractivity contribution in [2.45, 2.75) is 32.2 Å². The van der Waals surface area contributed by atoms with E-state index in [1.807, 2.05) is 17.0 Å². The van der Waals surface area contributed by atoms with E-state index >= 15 is 0 Å². The van der Waals surface area contributed by atoms with Gasteiger partial charge in [0.15, 0.2) is 0 Å². The average Bonchev–Trinajstić information content (AvgIpc) is 2.29. The predicted molar refractivity (Wildman–Crippen MR) is 69.9 cm³/mol. The number of hydrogen-bond donors (Lipinski definition) is 2. The highest BCUT2D eigenvalue weighted by molar-refractivity contribution is 5.90. The maximum Gasteiger partial charge on any atom is 0.322 e. The zero-order valence-electron chi connectivity index (χ0n) is 10.1. The van der Waals surface area contributed by atoms with Gasteiger partial charge in [0, 0.05) is 24.0 Å². The van der Waals surface area contributed by atoms with Gasteiger partial charge in [-0.1, -0.05) is 6.07 Å². The zero-order chi connectivity index (χ0) is 12.3. The SMILES string of the molecule is CC1CCCCN1C(=O)Nc1cccc(N)c1. The van der Waals surface area contributed by atoms with E-state index in [1.165, 1.54) is 6.42 Å². The number of urea groups is 1. The summed E-state index contributed by atoms with van der Waals surface area (Å²) in [5, 5.41) is 2.89. The summed E-state index contributed by atoms with van der Waals surface area (Å²) in [6.07, 6.45) is 3.39. The van der Waals surface area contributed by atoms with Gasteiger partial charge in [-0.15, -0.1) is 0 Å². The highest BCUT2D eigenvalue weighted by Crippen LogP contribution is 2.18. The minimum absolute atomic E-state index is 0.0252. The van der Waals surface area contributed by atoms with Crippen LogP contribution in [0.15, 0.2) is 24.3 Å². The van der Waals surface area contributed by atoms with Gasteiger partial charge < -0.3 is 16.0 Å². The first-order valence-electron chi connectivity index (χ1n) is 6.10. The molecule has 0 spiro atoms. The molecule has 1 heterocycles. The monoisotopic (exact) mass is 233 g/mol. The second-order valence-electron chi connectivity index (χ2n) is 4.59. The van der Waals surface area contributed by atoms with E-state index in [9.17, 15) is 4.79 Å². The summed E-state index contributed by atoms with van der Waals surface area (Å²) >= 11 is 0. The molecule has 1 aliphatic rings. The second kappa shape index (κ2) is 5.08. The lowest BCUT2D eigenvalue weighted by molar-refractivity contribution is 0.170. The molecular weight excluding hydrogens is 214 g/mol. The third-order valence-corrected chi connectivity index (χ3v) is 3.20. The van der Waals surface area contributed by atoms with E-state index in [-0.39, 0.29) is 6.03 Å². The number of carbonyl (C=O) groups excluding carboxylic acids is 1. The molecule has 2 amide bonds. The van der Waals surface area contributed by atoms with Gasteiger partial charge in [0.05, 0.1) is 0 Å². The summed E-state index contributed by atoms with van der Waals surface area (Å²) in [6, 6.07) is 7.56. The largest absolute Gasteiger partial charge is 0.399 e. The Bertz CT molecular complexity index is 405. The Morgan fingerprint density at radius 1 is 1.47 bits per heavy atom. The zero-order valence-corrected chi connectivity index (χ0v) is 10.1. The first-order chi connectivity index (χ1) is 8.16. The number of likely N-dealkylation sites (tertiary alicyclic amines) is 1. The van der Waals surface area contributed by atoms with Gasteiger partial charge in [0.1, 0.15) is 0 Å². The summed E-state index contributed by atoms with van der Waals surface area (Å²) in [5.74, 6) is 0. The number of anilines is 2. The van der Waals surface area contributed by atoms with Crippen molar-refractivity contribution in [2.24, 2.45) is 0 Å². The van der Waals surface area contributed by atoms with Crippen molar-refractivity contribution in [1.82, 2.24) is 4.90 Å². The minimum Gasteiger partial charge on any atom is -0.399 e. The third kappa shape index (κ3) is 2.90. The lowest BCUT2D eigenvalue weighted by Gasteiger charge is -2.33. The molecule has 0 radical (unpaired) electrons. The topological polar surface area (TPSA) is 58.4 Å². The van der Waals surface area contributed by atoms with Crippen LogP contribution >= 0.6 is 0 Å². The Kier molecular flexibility index (Phi) is 3.52. The fourth-order valence-corrected chi connectivity index (χ4v) is 2.21. The summed E-state index contributed by atoms with van der Waals surface area (Å²) in [4.78, 5) is 14.0. The van der Waals surface area contributed by atoms with Gasteiger partial charge >= 0.3 is 6.03 Å². The van der Waals surface area contributed by atoms with Crippen LogP contribution in [0.1, 0.15) is 26.2 Å². The Labute approximate surface area is 102 Å². The first-order valence-corrected chi connectivity index (χ1v) is 6.10. The number of benzene rings is 1. The van der Waals surface area contributed by atoms with Crippen molar-refractivity contribution < 1.29 is 4.79 Å². The lowest BCUT2D eigenvalue weighted by atomic mass is 10.0. The van der Waals surface area contributed by atoms with E-state index in [2.05, 4.69) is 12.2 Å². The molecule has 3 N–H and O–H groups in total. The number of nitrogens with zero attached hydrogens (tertiary/aromatic N) is 1. The van der Waals surface area contributed by atoms with E-state index < -0.39 is 0 Å². The number of rotatable bonds is 1. The van der Waals surface area contributed by atoms with Crippen LogP contribution in [-0.4, -0.2) is 23.5 Å². The quantitative estimate of drug-likeness (QED) is 0.733. The Balaban J connectivity index is 2.01. The normalized spacial score (nSPS) is 20.1. The molecule has 4 nitrogen and oxygen atoms in total. The predicted octanol–water partition coefficient (Wildman–Crippen LogP) is 2.68. The Morgan fingerprint density at radius 3 is 3.00 bits per heavy atom. The molecule has 1 fully saturated rings. The number of amides is 2. The van der Waals surface area contributed by atoms with Crippen LogP contribution in [-0.2, 0) is 0 Å². The Hall–Kier alpha value is -1.71. The number of carbonyl (C=O) groups is 1. The van der Waals surface area contributed by atoms with Gasteiger partial charge in [0.25, 0.3) is 0 Å². The van der Waals surface area contributed by atoms with Gasteiger partial charge in [-0.05, 0) is 44.4 Å². The van der Waals surface area contributed by atoms with Crippen molar-refractivity contribution in [2.75, 3.05) is 17.6 Å². The molecule has 0 bridgehead atoms. The van der Waals surface area contributed by atoms with Gasteiger partial charge in [-0.3, -0.25) is 0 Å². The lowest BCUT2D eigenvalue weighted by Crippen LogP contribution is -2.44. The maximum atomic E-state index is 12.1. The molecule has 1 atom stereocenters. The van der Waals surface area contributed by atoms with Crippen LogP contribution < -0.4 is 11.1 Å². The van der Waals surface area contributed by atoms with Crippen LogP contribution in [0.25, 0.3) is 0 Å². The first kappa shape index (κ1) is 11.8. The van der Waals surface area contributed by atoms with E-state index in [1.54, 1.807) is 12.1 Å². The molecule has 2 rings (SSSR count). The van der Waals surface area contributed by atoms with Crippen molar-refractivity contribution >= 4 is 17.4 Å². The van der Waals surface area contributed by atoms with Gasteiger partial charge in [-0.2, -0.15) is 0 Å². The molecule has 17 heavy (non-hydrogen) atoms. The summed E-state index contributed by atoms with van der Waals surface area (Å²) < 4.78 is 0. The number of nitrogen functional groups attached to an aromatic ring is 1. The molecule has 92 valence electrons. The highest BCUT2D eigenvalue weighted by atomic mass is 16.2. The summed E-state index contributed by atoms with van der Waals surface area (Å²) in [7, 11) is 0. The fraction of sp³-hybridized carbons (Fsp3) is 0.462. The van der Waals surface area contributed by atoms with Crippen LogP contribution in [0.4, 0.5) is 16.2 Å². The average molecular weight is 233 g/mol. The van der Waals surface area contributed by atoms with Crippen molar-refractivity contribution in [3.63, 3.8) is 0 Å². The molecule has 0 saturated carbocycles. The molecule has 4 heteroatoms. The highest BCUT2D eigenvalue weighted by Gasteiger charge is 2.22. The molecule has 1 aromatic carbocycles. The smallest absolute Gasteiger partial charge is 0.322 e. The molecule has 1 aliphatic heterocycles. The van der Waals surface area contributed by atoms with E-state index in [0.29, 0.717) is 11.7 Å². The fourth-order valence-electron chi connectivity index (χ4n) is 2.21. The number of nitrogens with one attached hydrogen (secondary N) is 1. The minimum atomic E-state index is -0.0252. The molecular formula is C13H19N3O. The molecule has 1 aromatic rings. The number of piperidine rings is 1. The molecule has 0 aromatic heterocycles. The van der Waals surface area contributed by atoms with Crippen LogP contribution in [0.3, 0.4) is 0 Å². The van der Waals surface area contributed by atoms with Gasteiger partial charge in [0.2, 0.25) is 0 Å². The number of hydrogen-bond acceptors (Lipinski definition) is 2. The van der Waals surface area contributed by atoms with Crippen LogP contribution in [0.5, 0.6) is 0 Å². The molecule has 0 aliphatic carbocycles. The van der Waals surface area contributed by atoms with Crippen molar-refractivity contribution in [3.8, 4) is 0 Å². The van der Waals surface area contributed by atoms with Gasteiger partial charge in [-0.25, -0.2) is 4.79 Å². The maximum absolute atomic E-state index is 12.1. The molecule has 1 unspecified atom stereocenters. The summed E-state index contributed by atoms with van der Waals surface area (Å²) in [6.45, 7) is 2.94. The summed E-state index contributed by atoms with van der Waals surface area (Å²) in [5.41, 5.74) is 7.09. The Morgan fingerprint density at radius 2 is 2.29 bits per heavy atom. The number of nitrogens with two attached hydrogens (primary N) is 1. The van der Waals surface area contributed by atoms with Crippen LogP contribution in [0.2, 0.25) is 0 Å². The van der Waals surface area contributed by atoms with E-state index in [4.69, 9.17) is 5.73 Å².